The number of ether oxygens (including phenoxy) is 2. The lowest BCUT2D eigenvalue weighted by Gasteiger charge is -2.27. The molecule has 1 heterocycles. The molecule has 1 aliphatic rings. The van der Waals surface area contributed by atoms with Gasteiger partial charge in [0.15, 0.2) is 11.5 Å². The van der Waals surface area contributed by atoms with Crippen molar-refractivity contribution in [1.82, 2.24) is 10.2 Å². The van der Waals surface area contributed by atoms with Crippen LogP contribution in [0.25, 0.3) is 0 Å². The number of methoxy groups -OCH3 is 2. The fraction of sp³-hybridized carbons (Fsp3) is 0.600. The molecule has 0 spiro atoms. The van der Waals surface area contributed by atoms with Crippen LogP contribution < -0.4 is 14.8 Å². The number of hydrogen-bond acceptors (Lipinski definition) is 4. The van der Waals surface area contributed by atoms with Gasteiger partial charge in [0.2, 0.25) is 0 Å². The predicted octanol–water partition coefficient (Wildman–Crippen LogP) is 2.11. The van der Waals surface area contributed by atoms with Gasteiger partial charge in [-0.1, -0.05) is 11.6 Å². The van der Waals surface area contributed by atoms with Crippen LogP contribution in [0.15, 0.2) is 6.07 Å². The number of benzene rings is 1. The van der Waals surface area contributed by atoms with Crippen LogP contribution in [-0.4, -0.2) is 51.8 Å². The number of nitrogens with zero attached hydrogens (tertiary/aromatic N) is 1. The van der Waals surface area contributed by atoms with Crippen molar-refractivity contribution in [2.75, 3.05) is 46.9 Å². The van der Waals surface area contributed by atoms with Gasteiger partial charge in [-0.05, 0) is 30.5 Å². The highest BCUT2D eigenvalue weighted by atomic mass is 35.5. The van der Waals surface area contributed by atoms with Crippen LogP contribution >= 0.6 is 11.6 Å². The average molecular weight is 299 g/mol. The monoisotopic (exact) mass is 298 g/mol. The van der Waals surface area contributed by atoms with Gasteiger partial charge in [-0.3, -0.25) is 0 Å². The van der Waals surface area contributed by atoms with Crippen molar-refractivity contribution in [2.45, 2.75) is 13.3 Å². The van der Waals surface area contributed by atoms with Gasteiger partial charge in [0.1, 0.15) is 0 Å². The summed E-state index contributed by atoms with van der Waals surface area (Å²) in [5.41, 5.74) is 2.34. The third kappa shape index (κ3) is 3.37. The van der Waals surface area contributed by atoms with Crippen LogP contribution in [0.3, 0.4) is 0 Å². The SMILES string of the molecule is COc1c(Cl)cc(CCN2CCNCC2)c(C)c1OC. The Kier molecular flexibility index (Phi) is 5.52. The second-order valence-electron chi connectivity index (χ2n) is 5.05. The van der Waals surface area contributed by atoms with E-state index in [2.05, 4.69) is 17.1 Å². The summed E-state index contributed by atoms with van der Waals surface area (Å²) in [5, 5.41) is 3.98. The molecule has 1 N–H and O–H groups in total. The smallest absolute Gasteiger partial charge is 0.179 e. The molecule has 20 heavy (non-hydrogen) atoms. The molecule has 1 aliphatic heterocycles. The standard InChI is InChI=1S/C15H23ClN2O2/c1-11-12(4-7-18-8-5-17-6-9-18)10-13(16)15(20-3)14(11)19-2/h10,17H,4-9H2,1-3H3. The van der Waals surface area contributed by atoms with Crippen LogP contribution in [0.5, 0.6) is 11.5 Å². The number of hydrogen-bond donors (Lipinski definition) is 1. The summed E-state index contributed by atoms with van der Waals surface area (Å²) in [6, 6.07) is 2.00. The minimum atomic E-state index is 0.616. The van der Waals surface area contributed by atoms with Crippen molar-refractivity contribution in [2.24, 2.45) is 0 Å². The molecule has 0 aliphatic carbocycles. The Bertz CT molecular complexity index is 460. The molecule has 0 unspecified atom stereocenters. The van der Waals surface area contributed by atoms with Gasteiger partial charge >= 0.3 is 0 Å². The maximum absolute atomic E-state index is 6.28. The van der Waals surface area contributed by atoms with Gasteiger partial charge < -0.3 is 19.7 Å². The van der Waals surface area contributed by atoms with E-state index in [0.29, 0.717) is 10.8 Å². The number of piperazine rings is 1. The Hall–Kier alpha value is -0.970. The van der Waals surface area contributed by atoms with Gasteiger partial charge in [-0.2, -0.15) is 0 Å². The largest absolute Gasteiger partial charge is 0.493 e. The molecule has 5 heteroatoms. The van der Waals surface area contributed by atoms with Gasteiger partial charge in [-0.15, -0.1) is 0 Å². The first-order valence-corrected chi connectivity index (χ1v) is 7.38. The molecule has 0 aromatic heterocycles. The zero-order valence-corrected chi connectivity index (χ0v) is 13.2. The van der Waals surface area contributed by atoms with E-state index in [4.69, 9.17) is 21.1 Å². The topological polar surface area (TPSA) is 33.7 Å². The molecule has 112 valence electrons. The summed E-state index contributed by atoms with van der Waals surface area (Å²) in [4.78, 5) is 2.47. The first kappa shape index (κ1) is 15.4. The summed E-state index contributed by atoms with van der Waals surface area (Å²) < 4.78 is 10.8. The second kappa shape index (κ2) is 7.16. The van der Waals surface area contributed by atoms with E-state index in [1.807, 2.05) is 6.07 Å². The minimum absolute atomic E-state index is 0.616. The van der Waals surface area contributed by atoms with Gasteiger partial charge in [0, 0.05) is 32.7 Å². The van der Waals surface area contributed by atoms with Gasteiger partial charge in [0.25, 0.3) is 0 Å². The lowest BCUT2D eigenvalue weighted by atomic mass is 10.0. The van der Waals surface area contributed by atoms with E-state index in [-0.39, 0.29) is 0 Å². The molecule has 0 amide bonds. The van der Waals surface area contributed by atoms with Crippen LogP contribution in [0.4, 0.5) is 0 Å². The predicted molar refractivity (Wildman–Crippen MR) is 82.3 cm³/mol. The van der Waals surface area contributed by atoms with Crippen molar-refractivity contribution in [3.8, 4) is 11.5 Å². The van der Waals surface area contributed by atoms with Crippen LogP contribution in [0.2, 0.25) is 5.02 Å². The fourth-order valence-corrected chi connectivity index (χ4v) is 2.96. The highest BCUT2D eigenvalue weighted by Gasteiger charge is 2.17. The molecule has 0 atom stereocenters. The summed E-state index contributed by atoms with van der Waals surface area (Å²) >= 11 is 6.28. The van der Waals surface area contributed by atoms with Gasteiger partial charge in [-0.25, -0.2) is 0 Å². The molecule has 0 saturated carbocycles. The van der Waals surface area contributed by atoms with E-state index in [1.165, 1.54) is 5.56 Å². The molecule has 0 bridgehead atoms. The molecule has 1 saturated heterocycles. The Balaban J connectivity index is 2.13. The summed E-state index contributed by atoms with van der Waals surface area (Å²) in [7, 11) is 3.27. The zero-order valence-electron chi connectivity index (χ0n) is 12.5. The van der Waals surface area contributed by atoms with E-state index < -0.39 is 0 Å². The van der Waals surface area contributed by atoms with Crippen molar-refractivity contribution in [3.05, 3.63) is 22.2 Å². The normalized spacial score (nSPS) is 16.2. The van der Waals surface area contributed by atoms with E-state index in [9.17, 15) is 0 Å². The van der Waals surface area contributed by atoms with Crippen molar-refractivity contribution in [3.63, 3.8) is 0 Å². The Morgan fingerprint density at radius 2 is 1.85 bits per heavy atom. The third-order valence-corrected chi connectivity index (χ3v) is 4.14. The number of rotatable bonds is 5. The molecular weight excluding hydrogens is 276 g/mol. The lowest BCUT2D eigenvalue weighted by molar-refractivity contribution is 0.243. The van der Waals surface area contributed by atoms with Crippen LogP contribution in [-0.2, 0) is 6.42 Å². The fourth-order valence-electron chi connectivity index (χ4n) is 2.66. The third-order valence-electron chi connectivity index (χ3n) is 3.86. The summed E-state index contributed by atoms with van der Waals surface area (Å²) in [6.45, 7) is 7.48. The average Bonchev–Trinajstić information content (AvgIpc) is 2.48. The van der Waals surface area contributed by atoms with Crippen molar-refractivity contribution < 1.29 is 9.47 Å². The van der Waals surface area contributed by atoms with Crippen molar-refractivity contribution in [1.29, 1.82) is 0 Å². The Labute approximate surface area is 126 Å². The summed E-state index contributed by atoms with van der Waals surface area (Å²) in [6.07, 6.45) is 0.978. The van der Waals surface area contributed by atoms with E-state index in [0.717, 1.165) is 50.5 Å². The molecule has 4 nitrogen and oxygen atoms in total. The molecule has 0 radical (unpaired) electrons. The highest BCUT2D eigenvalue weighted by Crippen LogP contribution is 2.39. The molecule has 1 aromatic rings. The maximum Gasteiger partial charge on any atom is 0.179 e. The minimum Gasteiger partial charge on any atom is -0.493 e. The van der Waals surface area contributed by atoms with Crippen LogP contribution in [0.1, 0.15) is 11.1 Å². The highest BCUT2D eigenvalue weighted by molar-refractivity contribution is 6.32. The Morgan fingerprint density at radius 3 is 2.45 bits per heavy atom. The van der Waals surface area contributed by atoms with Crippen molar-refractivity contribution >= 4 is 11.6 Å². The first-order valence-electron chi connectivity index (χ1n) is 7.00. The van der Waals surface area contributed by atoms with E-state index in [1.54, 1.807) is 14.2 Å². The first-order chi connectivity index (χ1) is 9.67. The second-order valence-corrected chi connectivity index (χ2v) is 5.46. The lowest BCUT2D eigenvalue weighted by Crippen LogP contribution is -2.44. The van der Waals surface area contributed by atoms with Gasteiger partial charge in [0.05, 0.1) is 19.2 Å². The molecule has 1 aromatic carbocycles. The quantitative estimate of drug-likeness (QED) is 0.903. The number of nitrogens with one attached hydrogen (secondary N) is 1. The molecular formula is C15H23ClN2O2. The van der Waals surface area contributed by atoms with E-state index >= 15 is 0 Å². The number of halogens is 1. The maximum atomic E-state index is 6.28. The van der Waals surface area contributed by atoms with Crippen LogP contribution in [0, 0.1) is 6.92 Å². The summed E-state index contributed by atoms with van der Waals surface area (Å²) in [5.74, 6) is 1.37. The zero-order chi connectivity index (χ0) is 14.5. The molecule has 1 fully saturated rings. The molecule has 2 rings (SSSR count). The Morgan fingerprint density at radius 1 is 1.20 bits per heavy atom.